The van der Waals surface area contributed by atoms with Crippen molar-refractivity contribution >= 4 is 17.5 Å². The van der Waals surface area contributed by atoms with Gasteiger partial charge in [0, 0.05) is 30.8 Å². The Morgan fingerprint density at radius 2 is 2.00 bits per heavy atom. The molecule has 3 N–H and O–H groups in total. The van der Waals surface area contributed by atoms with Crippen molar-refractivity contribution in [1.29, 1.82) is 0 Å². The molecule has 5 nitrogen and oxygen atoms in total. The zero-order chi connectivity index (χ0) is 15.1. The van der Waals surface area contributed by atoms with E-state index in [-0.39, 0.29) is 17.9 Å². The van der Waals surface area contributed by atoms with Crippen LogP contribution >= 0.6 is 0 Å². The average Bonchev–Trinajstić information content (AvgIpc) is 2.40. The molecule has 1 rings (SSSR count). The minimum absolute atomic E-state index is 0.0596. The molecule has 0 bridgehead atoms. The van der Waals surface area contributed by atoms with Crippen molar-refractivity contribution in [2.24, 2.45) is 0 Å². The number of nitrogens with one attached hydrogen (secondary N) is 3. The van der Waals surface area contributed by atoms with Crippen LogP contribution in [0.15, 0.2) is 18.2 Å². The molecule has 0 saturated heterocycles. The first-order valence-electron chi connectivity index (χ1n) is 6.83. The van der Waals surface area contributed by atoms with E-state index >= 15 is 0 Å². The van der Waals surface area contributed by atoms with Crippen LogP contribution in [-0.2, 0) is 4.79 Å². The van der Waals surface area contributed by atoms with Crippen molar-refractivity contribution in [3.8, 4) is 0 Å². The van der Waals surface area contributed by atoms with Crippen molar-refractivity contribution in [3.05, 3.63) is 29.3 Å². The average molecular weight is 277 g/mol. The SMILES string of the molecule is CCNC(C)CC(=O)Nc1cc(C(=O)NC)ccc1C. The first-order chi connectivity index (χ1) is 9.47. The maximum atomic E-state index is 11.9. The van der Waals surface area contributed by atoms with E-state index in [2.05, 4.69) is 16.0 Å². The van der Waals surface area contributed by atoms with Gasteiger partial charge in [0.05, 0.1) is 0 Å². The minimum Gasteiger partial charge on any atom is -0.355 e. The maximum Gasteiger partial charge on any atom is 0.251 e. The van der Waals surface area contributed by atoms with Gasteiger partial charge in [-0.1, -0.05) is 13.0 Å². The molecule has 1 aromatic rings. The highest BCUT2D eigenvalue weighted by Gasteiger charge is 2.11. The summed E-state index contributed by atoms with van der Waals surface area (Å²) in [4.78, 5) is 23.5. The monoisotopic (exact) mass is 277 g/mol. The van der Waals surface area contributed by atoms with Gasteiger partial charge in [0.2, 0.25) is 5.91 Å². The molecule has 0 saturated carbocycles. The van der Waals surface area contributed by atoms with E-state index in [1.165, 1.54) is 0 Å². The van der Waals surface area contributed by atoms with Gasteiger partial charge in [-0.05, 0) is 38.1 Å². The maximum absolute atomic E-state index is 11.9. The number of rotatable bonds is 6. The van der Waals surface area contributed by atoms with Crippen LogP contribution in [-0.4, -0.2) is 31.4 Å². The minimum atomic E-state index is -0.165. The summed E-state index contributed by atoms with van der Waals surface area (Å²) in [6, 6.07) is 5.39. The predicted octanol–water partition coefficient (Wildman–Crippen LogP) is 1.68. The standard InChI is InChI=1S/C15H23N3O2/c1-5-17-11(3)8-14(19)18-13-9-12(15(20)16-4)7-6-10(13)2/h6-7,9,11,17H,5,8H2,1-4H3,(H,16,20)(H,18,19). The summed E-state index contributed by atoms with van der Waals surface area (Å²) in [5, 5.41) is 8.62. The third-order valence-electron chi connectivity index (χ3n) is 3.05. The molecule has 0 heterocycles. The number of carbonyl (C=O) groups excluding carboxylic acids is 2. The molecule has 0 aromatic heterocycles. The highest BCUT2D eigenvalue weighted by Crippen LogP contribution is 2.17. The summed E-state index contributed by atoms with van der Waals surface area (Å²) >= 11 is 0. The number of aryl methyl sites for hydroxylation is 1. The molecule has 1 atom stereocenters. The Bertz CT molecular complexity index is 486. The lowest BCUT2D eigenvalue weighted by molar-refractivity contribution is -0.116. The Balaban J connectivity index is 2.76. The summed E-state index contributed by atoms with van der Waals surface area (Å²) in [5.41, 5.74) is 2.15. The lowest BCUT2D eigenvalue weighted by Gasteiger charge is -2.14. The van der Waals surface area contributed by atoms with Gasteiger partial charge in [-0.2, -0.15) is 0 Å². The Labute approximate surface area is 120 Å². The molecule has 20 heavy (non-hydrogen) atoms. The normalized spacial score (nSPS) is 11.8. The lowest BCUT2D eigenvalue weighted by Crippen LogP contribution is -2.30. The zero-order valence-electron chi connectivity index (χ0n) is 12.5. The molecule has 2 amide bonds. The number of hydrogen-bond acceptors (Lipinski definition) is 3. The van der Waals surface area contributed by atoms with Crippen molar-refractivity contribution < 1.29 is 9.59 Å². The van der Waals surface area contributed by atoms with Crippen molar-refractivity contribution in [2.45, 2.75) is 33.2 Å². The molecule has 1 unspecified atom stereocenters. The second kappa shape index (κ2) is 7.65. The third kappa shape index (κ3) is 4.66. The number of amides is 2. The van der Waals surface area contributed by atoms with Crippen LogP contribution in [0.4, 0.5) is 5.69 Å². The van der Waals surface area contributed by atoms with Gasteiger partial charge in [-0.3, -0.25) is 9.59 Å². The Kier molecular flexibility index (Phi) is 6.18. The zero-order valence-corrected chi connectivity index (χ0v) is 12.5. The van der Waals surface area contributed by atoms with Gasteiger partial charge < -0.3 is 16.0 Å². The van der Waals surface area contributed by atoms with Crippen molar-refractivity contribution in [2.75, 3.05) is 18.9 Å². The van der Waals surface area contributed by atoms with E-state index in [4.69, 9.17) is 0 Å². The molecular weight excluding hydrogens is 254 g/mol. The third-order valence-corrected chi connectivity index (χ3v) is 3.05. The van der Waals surface area contributed by atoms with E-state index in [0.717, 1.165) is 12.1 Å². The Morgan fingerprint density at radius 3 is 2.60 bits per heavy atom. The largest absolute Gasteiger partial charge is 0.355 e. The van der Waals surface area contributed by atoms with E-state index < -0.39 is 0 Å². The molecule has 5 heteroatoms. The van der Waals surface area contributed by atoms with Gasteiger partial charge in [0.15, 0.2) is 0 Å². The number of anilines is 1. The molecule has 0 aliphatic carbocycles. The summed E-state index contributed by atoms with van der Waals surface area (Å²) in [5.74, 6) is -0.225. The van der Waals surface area contributed by atoms with Crippen LogP contribution in [0.2, 0.25) is 0 Å². The highest BCUT2D eigenvalue weighted by atomic mass is 16.2. The van der Waals surface area contributed by atoms with Crippen LogP contribution in [0, 0.1) is 6.92 Å². The van der Waals surface area contributed by atoms with Crippen LogP contribution < -0.4 is 16.0 Å². The second-order valence-electron chi connectivity index (χ2n) is 4.82. The molecular formula is C15H23N3O2. The Morgan fingerprint density at radius 1 is 1.30 bits per heavy atom. The topological polar surface area (TPSA) is 70.2 Å². The van der Waals surface area contributed by atoms with Gasteiger partial charge >= 0.3 is 0 Å². The van der Waals surface area contributed by atoms with Crippen LogP contribution in [0.5, 0.6) is 0 Å². The number of benzene rings is 1. The van der Waals surface area contributed by atoms with E-state index in [1.807, 2.05) is 26.8 Å². The lowest BCUT2D eigenvalue weighted by atomic mass is 10.1. The fourth-order valence-corrected chi connectivity index (χ4v) is 1.94. The van der Waals surface area contributed by atoms with Crippen molar-refractivity contribution in [1.82, 2.24) is 10.6 Å². The molecule has 0 aliphatic heterocycles. The van der Waals surface area contributed by atoms with E-state index in [1.54, 1.807) is 19.2 Å². The van der Waals surface area contributed by atoms with Crippen LogP contribution in [0.25, 0.3) is 0 Å². The van der Waals surface area contributed by atoms with E-state index in [9.17, 15) is 9.59 Å². The molecule has 0 radical (unpaired) electrons. The van der Waals surface area contributed by atoms with Gasteiger partial charge in [-0.25, -0.2) is 0 Å². The summed E-state index contributed by atoms with van der Waals surface area (Å²) < 4.78 is 0. The van der Waals surface area contributed by atoms with Crippen molar-refractivity contribution in [3.63, 3.8) is 0 Å². The predicted molar refractivity (Wildman–Crippen MR) is 81.0 cm³/mol. The molecule has 0 fully saturated rings. The quantitative estimate of drug-likeness (QED) is 0.741. The van der Waals surface area contributed by atoms with E-state index in [0.29, 0.717) is 17.7 Å². The molecule has 1 aromatic carbocycles. The highest BCUT2D eigenvalue weighted by molar-refractivity contribution is 5.97. The number of hydrogen-bond donors (Lipinski definition) is 3. The molecule has 110 valence electrons. The summed E-state index contributed by atoms with van der Waals surface area (Å²) in [6.07, 6.45) is 0.400. The summed E-state index contributed by atoms with van der Waals surface area (Å²) in [6.45, 7) is 6.71. The first kappa shape index (κ1) is 16.2. The Hall–Kier alpha value is -1.88. The van der Waals surface area contributed by atoms with Gasteiger partial charge in [0.25, 0.3) is 5.91 Å². The fraction of sp³-hybridized carbons (Fsp3) is 0.467. The van der Waals surface area contributed by atoms with Crippen LogP contribution in [0.1, 0.15) is 36.2 Å². The number of carbonyl (C=O) groups is 2. The molecule has 0 spiro atoms. The fourth-order valence-electron chi connectivity index (χ4n) is 1.94. The van der Waals surface area contributed by atoms with Crippen LogP contribution in [0.3, 0.4) is 0 Å². The smallest absolute Gasteiger partial charge is 0.251 e. The van der Waals surface area contributed by atoms with Gasteiger partial charge in [0.1, 0.15) is 0 Å². The second-order valence-corrected chi connectivity index (χ2v) is 4.82. The summed E-state index contributed by atoms with van der Waals surface area (Å²) in [7, 11) is 1.58. The molecule has 0 aliphatic rings. The van der Waals surface area contributed by atoms with Gasteiger partial charge in [-0.15, -0.1) is 0 Å². The first-order valence-corrected chi connectivity index (χ1v) is 6.83.